The summed E-state index contributed by atoms with van der Waals surface area (Å²) in [7, 11) is 3.70. The number of carboxylic acid groups (broad SMARTS) is 2. The van der Waals surface area contributed by atoms with Gasteiger partial charge in [0.25, 0.3) is 11.5 Å². The molecule has 0 aromatic carbocycles. The molecule has 15 heteroatoms. The molecule has 4 rings (SSSR count). The predicted octanol–water partition coefficient (Wildman–Crippen LogP) is 2.78. The maximum absolute atomic E-state index is 13.6. The van der Waals surface area contributed by atoms with E-state index >= 15 is 0 Å². The number of thiazole rings is 1. The van der Waals surface area contributed by atoms with E-state index in [4.69, 9.17) is 10.1 Å². The van der Waals surface area contributed by atoms with Crippen LogP contribution in [-0.4, -0.2) is 111 Å². The van der Waals surface area contributed by atoms with Gasteiger partial charge in [0.15, 0.2) is 11.7 Å². The third-order valence-corrected chi connectivity index (χ3v) is 8.65. The molecular weight excluding hydrogens is 626 g/mol. The van der Waals surface area contributed by atoms with Crippen molar-refractivity contribution in [2.24, 2.45) is 0 Å². The maximum Gasteiger partial charge on any atom is 0.359 e. The van der Waals surface area contributed by atoms with Crippen LogP contribution in [0.2, 0.25) is 0 Å². The van der Waals surface area contributed by atoms with E-state index in [1.54, 1.807) is 4.90 Å². The van der Waals surface area contributed by atoms with E-state index in [1.807, 2.05) is 45.1 Å². The van der Waals surface area contributed by atoms with Crippen LogP contribution in [-0.2, 0) is 19.8 Å². The van der Waals surface area contributed by atoms with Crippen LogP contribution in [0.3, 0.4) is 0 Å². The van der Waals surface area contributed by atoms with Gasteiger partial charge in [0.1, 0.15) is 11.5 Å². The van der Waals surface area contributed by atoms with Crippen LogP contribution in [0, 0.1) is 0 Å². The number of carbonyl (C=O) groups is 4. The number of hydrogen-bond donors (Lipinski definition) is 3. The summed E-state index contributed by atoms with van der Waals surface area (Å²) in [4.78, 5) is 74.8. The average Bonchev–Trinajstić information content (AvgIpc) is 3.47. The van der Waals surface area contributed by atoms with Gasteiger partial charge in [-0.25, -0.2) is 19.6 Å². The molecule has 0 saturated carbocycles. The largest absolute Gasteiger partial charge is 0.478 e. The minimum atomic E-state index is -1.22. The van der Waals surface area contributed by atoms with E-state index in [1.165, 1.54) is 40.1 Å². The summed E-state index contributed by atoms with van der Waals surface area (Å²) in [5, 5.41) is 23.5. The molecule has 1 fully saturated rings. The summed E-state index contributed by atoms with van der Waals surface area (Å²) >= 11 is 1.32. The molecule has 14 nitrogen and oxygen atoms in total. The van der Waals surface area contributed by atoms with Gasteiger partial charge < -0.3 is 24.5 Å². The molecule has 0 atom stereocenters. The topological polar surface area (TPSA) is 175 Å². The van der Waals surface area contributed by atoms with Crippen molar-refractivity contribution in [3.8, 4) is 0 Å². The number of likely N-dealkylation sites (N-methyl/N-ethyl adjacent to an activating group) is 1. The van der Waals surface area contributed by atoms with Gasteiger partial charge in [-0.3, -0.25) is 24.1 Å². The van der Waals surface area contributed by atoms with Crippen LogP contribution < -0.4 is 15.8 Å². The Labute approximate surface area is 276 Å². The zero-order valence-corrected chi connectivity index (χ0v) is 28.2. The highest BCUT2D eigenvalue weighted by molar-refractivity contribution is 7.14. The highest BCUT2D eigenvalue weighted by atomic mass is 32.1. The van der Waals surface area contributed by atoms with Crippen molar-refractivity contribution in [1.29, 1.82) is 0 Å². The second-order valence-electron chi connectivity index (χ2n) is 13.2. The van der Waals surface area contributed by atoms with E-state index in [0.29, 0.717) is 55.2 Å². The number of aliphatic carboxylic acids is 2. The zero-order valence-electron chi connectivity index (χ0n) is 27.4. The highest BCUT2D eigenvalue weighted by Gasteiger charge is 2.26. The Bertz CT molecular complexity index is 1750. The van der Waals surface area contributed by atoms with E-state index in [2.05, 4.69) is 10.3 Å². The van der Waals surface area contributed by atoms with Gasteiger partial charge in [-0.2, -0.15) is 0 Å². The van der Waals surface area contributed by atoms with Crippen molar-refractivity contribution in [1.82, 2.24) is 19.3 Å². The van der Waals surface area contributed by atoms with Crippen molar-refractivity contribution in [2.75, 3.05) is 63.6 Å². The van der Waals surface area contributed by atoms with Crippen molar-refractivity contribution in [3.63, 3.8) is 0 Å². The van der Waals surface area contributed by atoms with Gasteiger partial charge >= 0.3 is 11.9 Å². The lowest BCUT2D eigenvalue weighted by Crippen LogP contribution is -2.49. The number of pyridine rings is 1. The van der Waals surface area contributed by atoms with Gasteiger partial charge in [0.2, 0.25) is 5.91 Å². The Balaban J connectivity index is 1.49. The number of carbonyl (C=O) groups excluding carboxylic acids is 2. The number of quaternary nitrogens is 1. The molecule has 4 heterocycles. The van der Waals surface area contributed by atoms with Gasteiger partial charge in [-0.1, -0.05) is 20.8 Å². The Kier molecular flexibility index (Phi) is 10.8. The molecule has 0 radical (unpaired) electrons. The SMILES string of the molecule is CC(C)(C)c1csc(NC(=O)c2ccn3c(=O)c(C=CC(=O)O)c(N4CCN(C(=O)CCCC[N+](C)(C)CC(=O)O)CC4)nc3c2)n1. The lowest BCUT2D eigenvalue weighted by atomic mass is 9.93. The Morgan fingerprint density at radius 2 is 1.77 bits per heavy atom. The molecular formula is C32H42N7O7S+. The fraction of sp³-hybridized carbons (Fsp3) is 0.469. The fourth-order valence-electron chi connectivity index (χ4n) is 5.25. The first-order valence-corrected chi connectivity index (χ1v) is 16.2. The molecule has 47 heavy (non-hydrogen) atoms. The number of fused-ring (bicyclic) bond motifs is 1. The maximum atomic E-state index is 13.6. The lowest BCUT2D eigenvalue weighted by Gasteiger charge is -2.36. The number of nitrogens with one attached hydrogen (secondary N) is 1. The summed E-state index contributed by atoms with van der Waals surface area (Å²) in [5.74, 6) is -2.22. The first-order chi connectivity index (χ1) is 22.0. The second kappa shape index (κ2) is 14.4. The van der Waals surface area contributed by atoms with Gasteiger partial charge in [0, 0.05) is 61.2 Å². The molecule has 1 saturated heterocycles. The number of nitrogens with zero attached hydrogens (tertiary/aromatic N) is 6. The van der Waals surface area contributed by atoms with Crippen LogP contribution in [0.4, 0.5) is 10.9 Å². The number of anilines is 2. The van der Waals surface area contributed by atoms with Crippen LogP contribution >= 0.6 is 11.3 Å². The summed E-state index contributed by atoms with van der Waals surface area (Å²) in [6.07, 6.45) is 5.24. The number of unbranched alkanes of at least 4 members (excludes halogenated alkanes) is 1. The van der Waals surface area contributed by atoms with Crippen LogP contribution in [0.15, 0.2) is 34.6 Å². The molecule has 3 N–H and O–H groups in total. The molecule has 3 aromatic heterocycles. The highest BCUT2D eigenvalue weighted by Crippen LogP contribution is 2.27. The number of carboxylic acids is 2. The molecule has 0 spiro atoms. The Morgan fingerprint density at radius 3 is 2.38 bits per heavy atom. The van der Waals surface area contributed by atoms with Crippen LogP contribution in [0.25, 0.3) is 11.7 Å². The van der Waals surface area contributed by atoms with E-state index < -0.39 is 23.4 Å². The van der Waals surface area contributed by atoms with Gasteiger partial charge in [0.05, 0.1) is 31.9 Å². The lowest BCUT2D eigenvalue weighted by molar-refractivity contribution is -0.883. The van der Waals surface area contributed by atoms with E-state index in [0.717, 1.165) is 18.2 Å². The minimum Gasteiger partial charge on any atom is -0.478 e. The number of piperazine rings is 1. The van der Waals surface area contributed by atoms with Crippen molar-refractivity contribution < 1.29 is 33.9 Å². The van der Waals surface area contributed by atoms with E-state index in [9.17, 15) is 29.1 Å². The first-order valence-electron chi connectivity index (χ1n) is 15.4. The van der Waals surface area contributed by atoms with Crippen LogP contribution in [0.5, 0.6) is 0 Å². The molecule has 2 amide bonds. The molecule has 0 unspecified atom stereocenters. The molecule has 3 aromatic rings. The predicted molar refractivity (Wildman–Crippen MR) is 179 cm³/mol. The van der Waals surface area contributed by atoms with E-state index in [-0.39, 0.29) is 40.5 Å². The monoisotopic (exact) mass is 668 g/mol. The van der Waals surface area contributed by atoms with Crippen LogP contribution in [0.1, 0.15) is 61.6 Å². The normalized spacial score (nSPS) is 14.1. The molecule has 0 bridgehead atoms. The number of aromatic nitrogens is 3. The summed E-state index contributed by atoms with van der Waals surface area (Å²) in [6.45, 7) is 8.27. The van der Waals surface area contributed by atoms with Gasteiger partial charge in [-0.05, 0) is 31.1 Å². The summed E-state index contributed by atoms with van der Waals surface area (Å²) in [5.41, 5.74) is 0.756. The van der Waals surface area contributed by atoms with Crippen molar-refractivity contribution in [2.45, 2.75) is 45.4 Å². The quantitative estimate of drug-likeness (QED) is 0.148. The standard InChI is InChI=1S/C32H41N7O7S/c1-32(2,3)23-20-47-31(33-23)35-29(45)21-11-12-38-24(18-21)34-28(22(30(38)46)9-10-26(41)42)37-15-13-36(14-16-37)25(40)8-6-7-17-39(4,5)19-27(43)44/h9-12,18,20H,6-8,13-17,19H2,1-5H3,(H2-,33,35,41,42,43,44,45)/p+1. The molecule has 252 valence electrons. The van der Waals surface area contributed by atoms with Crippen molar-refractivity contribution >= 4 is 57.8 Å². The minimum absolute atomic E-state index is 0.00349. The molecule has 1 aliphatic heterocycles. The average molecular weight is 669 g/mol. The van der Waals surface area contributed by atoms with Crippen molar-refractivity contribution in [3.05, 3.63) is 57.0 Å². The number of amides is 2. The summed E-state index contributed by atoms with van der Waals surface area (Å²) < 4.78 is 1.61. The molecule has 0 aliphatic carbocycles. The first kappa shape index (κ1) is 35.2. The fourth-order valence-corrected chi connectivity index (χ4v) is 6.19. The number of hydrogen-bond acceptors (Lipinski definition) is 9. The number of rotatable bonds is 12. The second-order valence-corrected chi connectivity index (χ2v) is 14.1. The van der Waals surface area contributed by atoms with Gasteiger partial charge in [-0.15, -0.1) is 11.3 Å². The third-order valence-electron chi connectivity index (χ3n) is 7.89. The Morgan fingerprint density at radius 1 is 1.06 bits per heavy atom. The molecule has 1 aliphatic rings. The summed E-state index contributed by atoms with van der Waals surface area (Å²) in [6, 6.07) is 2.99. The third kappa shape index (κ3) is 9.23. The zero-order chi connectivity index (χ0) is 34.5. The smallest absolute Gasteiger partial charge is 0.359 e. The Hall–Kier alpha value is -4.63.